The highest BCUT2D eigenvalue weighted by Crippen LogP contribution is 2.27. The van der Waals surface area contributed by atoms with Crippen LogP contribution in [0.1, 0.15) is 0 Å². The fourth-order valence-corrected chi connectivity index (χ4v) is 2.15. The number of nitrogens with zero attached hydrogens (tertiary/aromatic N) is 2. The maximum absolute atomic E-state index is 14.2. The summed E-state index contributed by atoms with van der Waals surface area (Å²) in [6.45, 7) is 1.02. The lowest BCUT2D eigenvalue weighted by Gasteiger charge is -2.21. The van der Waals surface area contributed by atoms with Crippen LogP contribution in [-0.2, 0) is 9.47 Å². The quantitative estimate of drug-likeness (QED) is 0.856. The molecule has 0 saturated carbocycles. The molecule has 1 amide bonds. The van der Waals surface area contributed by atoms with Gasteiger partial charge in [0, 0.05) is 20.7 Å². The van der Waals surface area contributed by atoms with E-state index >= 15 is 0 Å². The number of aliphatic hydroxyl groups is 1. The van der Waals surface area contributed by atoms with Gasteiger partial charge in [0.25, 0.3) is 0 Å². The van der Waals surface area contributed by atoms with E-state index in [9.17, 15) is 9.18 Å². The van der Waals surface area contributed by atoms with Crippen LogP contribution in [0, 0.1) is 5.82 Å². The number of halogens is 1. The topological polar surface area (TPSA) is 62.2 Å². The molecule has 0 aliphatic carbocycles. The maximum atomic E-state index is 14.2. The van der Waals surface area contributed by atoms with Crippen LogP contribution in [0.15, 0.2) is 18.2 Å². The van der Waals surface area contributed by atoms with E-state index in [0.29, 0.717) is 24.5 Å². The molecule has 6 nitrogen and oxygen atoms in total. The molecule has 1 atom stereocenters. The Morgan fingerprint density at radius 1 is 1.57 bits per heavy atom. The number of aliphatic hydroxyl groups excluding tert-OH is 1. The Bertz CT molecular complexity index is 512. The molecule has 0 aromatic heterocycles. The Labute approximate surface area is 122 Å². The highest BCUT2D eigenvalue weighted by Gasteiger charge is 2.32. The van der Waals surface area contributed by atoms with E-state index in [4.69, 9.17) is 14.6 Å². The van der Waals surface area contributed by atoms with Crippen LogP contribution in [0.4, 0.5) is 20.6 Å². The first kappa shape index (κ1) is 15.5. The van der Waals surface area contributed by atoms with Crippen LogP contribution in [-0.4, -0.2) is 57.8 Å². The van der Waals surface area contributed by atoms with Crippen LogP contribution >= 0.6 is 0 Å². The van der Waals surface area contributed by atoms with Crippen molar-refractivity contribution in [1.29, 1.82) is 0 Å². The van der Waals surface area contributed by atoms with Crippen molar-refractivity contribution in [3.63, 3.8) is 0 Å². The molecule has 1 saturated heterocycles. The summed E-state index contributed by atoms with van der Waals surface area (Å²) < 4.78 is 24.1. The highest BCUT2D eigenvalue weighted by atomic mass is 19.1. The first-order valence-corrected chi connectivity index (χ1v) is 6.65. The standard InChI is InChI=1S/C14H19FN2O4/c1-16(5-6-20-2)13-4-3-10(7-12(13)15)17-8-11(9-18)21-14(17)19/h3-4,7,11,18H,5-6,8-9H2,1-2H3/t11-/m1/s1. The van der Waals surface area contributed by atoms with Gasteiger partial charge in [-0.05, 0) is 18.2 Å². The Morgan fingerprint density at radius 2 is 2.33 bits per heavy atom. The third-order valence-corrected chi connectivity index (χ3v) is 3.36. The minimum absolute atomic E-state index is 0.216. The number of anilines is 2. The predicted octanol–water partition coefficient (Wildman–Crippen LogP) is 1.23. The number of carbonyl (C=O) groups excluding carboxylic acids is 1. The highest BCUT2D eigenvalue weighted by molar-refractivity contribution is 5.90. The molecule has 0 bridgehead atoms. The number of methoxy groups -OCH3 is 1. The molecule has 2 rings (SSSR count). The molecule has 0 spiro atoms. The van der Waals surface area contributed by atoms with Gasteiger partial charge in [-0.1, -0.05) is 0 Å². The summed E-state index contributed by atoms with van der Waals surface area (Å²) >= 11 is 0. The molecular weight excluding hydrogens is 279 g/mol. The van der Waals surface area contributed by atoms with Crippen LogP contribution in [0.2, 0.25) is 0 Å². The zero-order valence-electron chi connectivity index (χ0n) is 12.1. The van der Waals surface area contributed by atoms with Crippen molar-refractivity contribution in [2.75, 3.05) is 50.3 Å². The van der Waals surface area contributed by atoms with E-state index in [1.807, 2.05) is 0 Å². The number of carbonyl (C=O) groups is 1. The summed E-state index contributed by atoms with van der Waals surface area (Å²) in [5.41, 5.74) is 0.847. The van der Waals surface area contributed by atoms with Crippen molar-refractivity contribution in [1.82, 2.24) is 0 Å². The predicted molar refractivity (Wildman–Crippen MR) is 76.2 cm³/mol. The van der Waals surface area contributed by atoms with Gasteiger partial charge in [-0.25, -0.2) is 9.18 Å². The Hall–Kier alpha value is -1.86. The van der Waals surface area contributed by atoms with Gasteiger partial charge < -0.3 is 19.5 Å². The van der Waals surface area contributed by atoms with Gasteiger partial charge in [0.15, 0.2) is 0 Å². The number of rotatable bonds is 6. The first-order chi connectivity index (χ1) is 10.1. The summed E-state index contributed by atoms with van der Waals surface area (Å²) in [5.74, 6) is -0.425. The second-order valence-corrected chi connectivity index (χ2v) is 4.85. The van der Waals surface area contributed by atoms with Crippen LogP contribution < -0.4 is 9.80 Å². The van der Waals surface area contributed by atoms with Gasteiger partial charge >= 0.3 is 6.09 Å². The molecule has 1 heterocycles. The summed E-state index contributed by atoms with van der Waals surface area (Å²) in [6, 6.07) is 4.56. The normalized spacial score (nSPS) is 18.0. The second-order valence-electron chi connectivity index (χ2n) is 4.85. The fraction of sp³-hybridized carbons (Fsp3) is 0.500. The van der Waals surface area contributed by atoms with Gasteiger partial charge in [0.05, 0.1) is 31.1 Å². The molecule has 1 aromatic rings. The third-order valence-electron chi connectivity index (χ3n) is 3.36. The Balaban J connectivity index is 2.14. The van der Waals surface area contributed by atoms with Crippen molar-refractivity contribution in [3.8, 4) is 0 Å². The van der Waals surface area contributed by atoms with Crippen molar-refractivity contribution in [2.45, 2.75) is 6.10 Å². The van der Waals surface area contributed by atoms with E-state index in [1.165, 1.54) is 11.0 Å². The van der Waals surface area contributed by atoms with Crippen molar-refractivity contribution in [2.24, 2.45) is 0 Å². The Kier molecular flexibility index (Phi) is 4.98. The monoisotopic (exact) mass is 298 g/mol. The fourth-order valence-electron chi connectivity index (χ4n) is 2.15. The summed E-state index contributed by atoms with van der Waals surface area (Å²) in [5, 5.41) is 9.01. The SMILES string of the molecule is COCCN(C)c1ccc(N2C[C@H](CO)OC2=O)cc1F. The molecule has 1 aliphatic heterocycles. The largest absolute Gasteiger partial charge is 0.441 e. The third kappa shape index (κ3) is 3.43. The van der Waals surface area contributed by atoms with Crippen molar-refractivity contribution < 1.29 is 23.8 Å². The van der Waals surface area contributed by atoms with Crippen LogP contribution in [0.25, 0.3) is 0 Å². The zero-order valence-corrected chi connectivity index (χ0v) is 12.1. The summed E-state index contributed by atoms with van der Waals surface area (Å²) in [4.78, 5) is 14.7. The number of cyclic esters (lactones) is 1. The van der Waals surface area contributed by atoms with Crippen molar-refractivity contribution >= 4 is 17.5 Å². The zero-order chi connectivity index (χ0) is 15.4. The van der Waals surface area contributed by atoms with E-state index in [-0.39, 0.29) is 13.2 Å². The molecule has 7 heteroatoms. The smallest absolute Gasteiger partial charge is 0.414 e. The summed E-state index contributed by atoms with van der Waals surface area (Å²) in [7, 11) is 3.35. The number of ether oxygens (including phenoxy) is 2. The number of hydrogen-bond donors (Lipinski definition) is 1. The van der Waals surface area contributed by atoms with Gasteiger partial charge in [-0.15, -0.1) is 0 Å². The minimum atomic E-state index is -0.575. The van der Waals surface area contributed by atoms with Gasteiger partial charge in [0.2, 0.25) is 0 Å². The van der Waals surface area contributed by atoms with Crippen molar-refractivity contribution in [3.05, 3.63) is 24.0 Å². The lowest BCUT2D eigenvalue weighted by molar-refractivity contribution is 0.0963. The molecule has 0 radical (unpaired) electrons. The van der Waals surface area contributed by atoms with E-state index in [0.717, 1.165) is 0 Å². The lowest BCUT2D eigenvalue weighted by Crippen LogP contribution is -2.26. The number of amides is 1. The molecule has 21 heavy (non-hydrogen) atoms. The minimum Gasteiger partial charge on any atom is -0.441 e. The van der Waals surface area contributed by atoms with Gasteiger partial charge in [-0.3, -0.25) is 4.90 Å². The van der Waals surface area contributed by atoms with E-state index < -0.39 is 18.0 Å². The Morgan fingerprint density at radius 3 is 2.90 bits per heavy atom. The molecule has 1 aromatic carbocycles. The molecule has 116 valence electrons. The number of benzene rings is 1. The van der Waals surface area contributed by atoms with Crippen LogP contribution in [0.3, 0.4) is 0 Å². The number of likely N-dealkylation sites (N-methyl/N-ethyl adjacent to an activating group) is 1. The maximum Gasteiger partial charge on any atom is 0.414 e. The molecule has 1 fully saturated rings. The average Bonchev–Trinajstić information content (AvgIpc) is 2.85. The van der Waals surface area contributed by atoms with Gasteiger partial charge in [0.1, 0.15) is 11.9 Å². The molecule has 1 aliphatic rings. The second kappa shape index (κ2) is 6.73. The molecule has 0 unspecified atom stereocenters. The molecular formula is C14H19FN2O4. The van der Waals surface area contributed by atoms with E-state index in [1.54, 1.807) is 31.2 Å². The van der Waals surface area contributed by atoms with Crippen LogP contribution in [0.5, 0.6) is 0 Å². The van der Waals surface area contributed by atoms with Gasteiger partial charge in [-0.2, -0.15) is 0 Å². The molecule has 1 N–H and O–H groups in total. The number of hydrogen-bond acceptors (Lipinski definition) is 5. The first-order valence-electron chi connectivity index (χ1n) is 6.65. The average molecular weight is 298 g/mol. The summed E-state index contributed by atoms with van der Waals surface area (Å²) in [6.07, 6.45) is -1.14. The lowest BCUT2D eigenvalue weighted by atomic mass is 10.2. The van der Waals surface area contributed by atoms with E-state index in [2.05, 4.69) is 0 Å².